The van der Waals surface area contributed by atoms with Crippen LogP contribution < -0.4 is 15.6 Å². The molecule has 5 nitrogen and oxygen atoms in total. The van der Waals surface area contributed by atoms with Crippen molar-refractivity contribution in [3.05, 3.63) is 91.8 Å². The summed E-state index contributed by atoms with van der Waals surface area (Å²) in [5.74, 6) is -1.80. The molecule has 2 aromatic carbocycles. The first-order valence-corrected chi connectivity index (χ1v) is 10.4. The summed E-state index contributed by atoms with van der Waals surface area (Å²) >= 11 is 3.22. The van der Waals surface area contributed by atoms with Gasteiger partial charge in [-0.25, -0.2) is 8.78 Å². The minimum absolute atomic E-state index is 0.0369. The van der Waals surface area contributed by atoms with E-state index in [1.165, 1.54) is 4.57 Å². The van der Waals surface area contributed by atoms with Crippen LogP contribution in [0.3, 0.4) is 0 Å². The summed E-state index contributed by atoms with van der Waals surface area (Å²) in [5.41, 5.74) is 1.59. The molecule has 0 saturated carbocycles. The summed E-state index contributed by atoms with van der Waals surface area (Å²) in [4.78, 5) is 24.9. The van der Waals surface area contributed by atoms with E-state index in [1.807, 2.05) is 13.8 Å². The van der Waals surface area contributed by atoms with E-state index in [-0.39, 0.29) is 40.0 Å². The lowest BCUT2D eigenvalue weighted by atomic mass is 10.1. The maximum atomic E-state index is 13.9. The lowest BCUT2D eigenvalue weighted by molar-refractivity contribution is 0.0943. The predicted molar refractivity (Wildman–Crippen MR) is 118 cm³/mol. The first kappa shape index (κ1) is 22.7. The number of nitrogens with one attached hydrogen (secondary N) is 1. The van der Waals surface area contributed by atoms with Crippen molar-refractivity contribution in [2.45, 2.75) is 33.4 Å². The van der Waals surface area contributed by atoms with E-state index in [1.54, 1.807) is 37.3 Å². The van der Waals surface area contributed by atoms with Gasteiger partial charge in [-0.3, -0.25) is 9.59 Å². The van der Waals surface area contributed by atoms with Crippen molar-refractivity contribution in [2.75, 3.05) is 0 Å². The number of carbonyl (C=O) groups is 1. The Kier molecular flexibility index (Phi) is 6.90. The molecule has 1 aromatic heterocycles. The molecule has 3 aromatic rings. The fraction of sp³-hybridized carbons (Fsp3) is 0.217. The molecule has 0 saturated heterocycles. The molecule has 8 heteroatoms. The number of rotatable bonds is 6. The van der Waals surface area contributed by atoms with Crippen molar-refractivity contribution >= 4 is 21.8 Å². The number of hydrogen-bond donors (Lipinski definition) is 1. The van der Waals surface area contributed by atoms with Crippen LogP contribution in [0.1, 0.15) is 35.5 Å². The molecular weight excluding hydrogens is 470 g/mol. The van der Waals surface area contributed by atoms with Crippen LogP contribution in [0.25, 0.3) is 0 Å². The van der Waals surface area contributed by atoms with Gasteiger partial charge in [0.05, 0.1) is 6.54 Å². The van der Waals surface area contributed by atoms with Crippen LogP contribution in [-0.2, 0) is 6.54 Å². The molecule has 0 aliphatic carbocycles. The number of carbonyl (C=O) groups excluding carboxylic acids is 1. The Morgan fingerprint density at radius 3 is 2.39 bits per heavy atom. The van der Waals surface area contributed by atoms with Crippen LogP contribution in [0, 0.1) is 18.6 Å². The van der Waals surface area contributed by atoms with Gasteiger partial charge in [0.1, 0.15) is 16.0 Å². The SMILES string of the molecule is Cc1cc(Oc2ccc(F)cc2F)c(Br)c(=O)n1Cc1ccc(C(=O)NC(C)C)cc1. The zero-order valence-electron chi connectivity index (χ0n) is 17.2. The van der Waals surface area contributed by atoms with Crippen molar-refractivity contribution in [3.8, 4) is 11.5 Å². The molecule has 1 heterocycles. The van der Waals surface area contributed by atoms with E-state index in [4.69, 9.17) is 4.74 Å². The Balaban J connectivity index is 1.84. The first-order chi connectivity index (χ1) is 14.7. The number of halogens is 3. The second-order valence-electron chi connectivity index (χ2n) is 7.36. The normalized spacial score (nSPS) is 10.9. The molecule has 0 radical (unpaired) electrons. The molecule has 0 atom stereocenters. The van der Waals surface area contributed by atoms with Gasteiger partial charge in [0.15, 0.2) is 11.6 Å². The zero-order valence-corrected chi connectivity index (χ0v) is 18.8. The Hall–Kier alpha value is -3.00. The van der Waals surface area contributed by atoms with Crippen molar-refractivity contribution in [1.29, 1.82) is 0 Å². The zero-order chi connectivity index (χ0) is 22.7. The van der Waals surface area contributed by atoms with Crippen LogP contribution in [0.2, 0.25) is 0 Å². The summed E-state index contributed by atoms with van der Waals surface area (Å²) in [7, 11) is 0. The smallest absolute Gasteiger partial charge is 0.269 e. The number of aromatic nitrogens is 1. The maximum absolute atomic E-state index is 13.9. The van der Waals surface area contributed by atoms with Gasteiger partial charge in [0, 0.05) is 29.4 Å². The lowest BCUT2D eigenvalue weighted by Gasteiger charge is -2.15. The minimum Gasteiger partial charge on any atom is -0.453 e. The second-order valence-corrected chi connectivity index (χ2v) is 8.15. The standard InChI is InChI=1S/C23H21BrF2N2O3/c1-13(2)27-22(29)16-6-4-15(5-7-16)12-28-14(3)10-20(21(24)23(28)30)31-19-9-8-17(25)11-18(19)26/h4-11,13H,12H2,1-3H3,(H,27,29). The summed E-state index contributed by atoms with van der Waals surface area (Å²) in [6, 6.07) is 11.6. The summed E-state index contributed by atoms with van der Waals surface area (Å²) < 4.78 is 34.1. The number of nitrogens with zero attached hydrogens (tertiary/aromatic N) is 1. The monoisotopic (exact) mass is 490 g/mol. The molecule has 1 amide bonds. The third-order valence-electron chi connectivity index (χ3n) is 4.51. The molecule has 0 fully saturated rings. The number of pyridine rings is 1. The highest BCUT2D eigenvalue weighted by atomic mass is 79.9. The van der Waals surface area contributed by atoms with Gasteiger partial charge in [0.25, 0.3) is 11.5 Å². The Morgan fingerprint density at radius 2 is 1.77 bits per heavy atom. The minimum atomic E-state index is -0.865. The van der Waals surface area contributed by atoms with Crippen molar-refractivity contribution in [1.82, 2.24) is 9.88 Å². The number of benzene rings is 2. The van der Waals surface area contributed by atoms with E-state index in [2.05, 4.69) is 21.2 Å². The van der Waals surface area contributed by atoms with Gasteiger partial charge in [-0.15, -0.1) is 0 Å². The third kappa shape index (κ3) is 5.38. The maximum Gasteiger partial charge on any atom is 0.269 e. The molecule has 162 valence electrons. The van der Waals surface area contributed by atoms with E-state index < -0.39 is 11.6 Å². The molecule has 0 aliphatic rings. The summed E-state index contributed by atoms with van der Waals surface area (Å²) in [6.07, 6.45) is 0. The van der Waals surface area contributed by atoms with Crippen LogP contribution in [0.5, 0.6) is 11.5 Å². The molecule has 0 bridgehead atoms. The number of amides is 1. The Morgan fingerprint density at radius 1 is 1.10 bits per heavy atom. The first-order valence-electron chi connectivity index (χ1n) is 9.58. The largest absolute Gasteiger partial charge is 0.453 e. The summed E-state index contributed by atoms with van der Waals surface area (Å²) in [6.45, 7) is 5.78. The topological polar surface area (TPSA) is 60.3 Å². The van der Waals surface area contributed by atoms with Gasteiger partial charge in [-0.1, -0.05) is 12.1 Å². The van der Waals surface area contributed by atoms with Gasteiger partial charge < -0.3 is 14.6 Å². The van der Waals surface area contributed by atoms with Gasteiger partial charge in [-0.2, -0.15) is 0 Å². The highest BCUT2D eigenvalue weighted by Crippen LogP contribution is 2.30. The molecule has 0 unspecified atom stereocenters. The number of hydrogen-bond acceptors (Lipinski definition) is 3. The van der Waals surface area contributed by atoms with Gasteiger partial charge >= 0.3 is 0 Å². The Labute approximate surface area is 186 Å². The quantitative estimate of drug-likeness (QED) is 0.518. The molecule has 0 aliphatic heterocycles. The number of aryl methyl sites for hydroxylation is 1. The average molecular weight is 491 g/mol. The lowest BCUT2D eigenvalue weighted by Crippen LogP contribution is -2.30. The second kappa shape index (κ2) is 9.43. The van der Waals surface area contributed by atoms with E-state index in [9.17, 15) is 18.4 Å². The van der Waals surface area contributed by atoms with E-state index in [0.717, 1.165) is 17.7 Å². The fourth-order valence-corrected chi connectivity index (χ4v) is 3.36. The van der Waals surface area contributed by atoms with Crippen molar-refractivity contribution in [3.63, 3.8) is 0 Å². The predicted octanol–water partition coefficient (Wildman–Crippen LogP) is 5.18. The van der Waals surface area contributed by atoms with Crippen molar-refractivity contribution < 1.29 is 18.3 Å². The van der Waals surface area contributed by atoms with Gasteiger partial charge in [0.2, 0.25) is 0 Å². The van der Waals surface area contributed by atoms with Crippen molar-refractivity contribution in [2.24, 2.45) is 0 Å². The Bertz CT molecular complexity index is 1170. The summed E-state index contributed by atoms with van der Waals surface area (Å²) in [5, 5.41) is 2.83. The highest BCUT2D eigenvalue weighted by Gasteiger charge is 2.15. The van der Waals surface area contributed by atoms with Crippen LogP contribution >= 0.6 is 15.9 Å². The van der Waals surface area contributed by atoms with Gasteiger partial charge in [-0.05, 0) is 66.5 Å². The average Bonchev–Trinajstić information content (AvgIpc) is 2.71. The molecule has 3 rings (SSSR count). The van der Waals surface area contributed by atoms with E-state index >= 15 is 0 Å². The number of ether oxygens (including phenoxy) is 1. The van der Waals surface area contributed by atoms with Crippen LogP contribution in [-0.4, -0.2) is 16.5 Å². The van der Waals surface area contributed by atoms with E-state index in [0.29, 0.717) is 17.3 Å². The molecule has 31 heavy (non-hydrogen) atoms. The third-order valence-corrected chi connectivity index (χ3v) is 5.24. The molecule has 1 N–H and O–H groups in total. The van der Waals surface area contributed by atoms with Crippen LogP contribution in [0.4, 0.5) is 8.78 Å². The highest BCUT2D eigenvalue weighted by molar-refractivity contribution is 9.10. The molecular formula is C23H21BrF2N2O3. The van der Waals surface area contributed by atoms with Crippen LogP contribution in [0.15, 0.2) is 57.8 Å². The fourth-order valence-electron chi connectivity index (χ4n) is 2.95. The molecule has 0 spiro atoms.